The number of hydrogen-bond donors (Lipinski definition) is 1. The van der Waals surface area contributed by atoms with Gasteiger partial charge in [0.1, 0.15) is 16.5 Å². The van der Waals surface area contributed by atoms with E-state index in [9.17, 15) is 0 Å². The van der Waals surface area contributed by atoms with E-state index in [0.717, 1.165) is 16.5 Å². The number of anilines is 1. The lowest BCUT2D eigenvalue weighted by molar-refractivity contribution is 0.717. The molecule has 2 aromatic heterocycles. The van der Waals surface area contributed by atoms with E-state index < -0.39 is 0 Å². The molecule has 0 spiro atoms. The Morgan fingerprint density at radius 1 is 1.24 bits per heavy atom. The van der Waals surface area contributed by atoms with E-state index in [1.807, 2.05) is 7.05 Å². The number of nitrogens with one attached hydrogen (secondary N) is 1. The highest BCUT2D eigenvalue weighted by atomic mass is 32.1. The predicted molar refractivity (Wildman–Crippen MR) is 73.0 cm³/mol. The van der Waals surface area contributed by atoms with Gasteiger partial charge >= 0.3 is 0 Å². The second-order valence-electron chi connectivity index (χ2n) is 5.17. The van der Waals surface area contributed by atoms with Gasteiger partial charge in [-0.3, -0.25) is 0 Å². The van der Waals surface area contributed by atoms with Gasteiger partial charge in [-0.15, -0.1) is 11.3 Å². The van der Waals surface area contributed by atoms with Gasteiger partial charge in [0.15, 0.2) is 0 Å². The number of nitrogens with zero attached hydrogens (tertiary/aromatic N) is 2. The summed E-state index contributed by atoms with van der Waals surface area (Å²) in [7, 11) is 1.94. The van der Waals surface area contributed by atoms with Crippen molar-refractivity contribution in [1.29, 1.82) is 0 Å². The van der Waals surface area contributed by atoms with Crippen LogP contribution in [0.5, 0.6) is 0 Å². The maximum absolute atomic E-state index is 4.77. The molecule has 4 heteroatoms. The normalized spacial score (nSPS) is 17.4. The van der Waals surface area contributed by atoms with Gasteiger partial charge in [-0.05, 0) is 32.3 Å². The first-order chi connectivity index (χ1) is 8.05. The van der Waals surface area contributed by atoms with Crippen molar-refractivity contribution in [2.75, 3.05) is 12.4 Å². The number of fused-ring (bicyclic) bond motifs is 1. The van der Waals surface area contributed by atoms with Crippen LogP contribution in [0.4, 0.5) is 5.82 Å². The molecule has 0 unspecified atom stereocenters. The minimum Gasteiger partial charge on any atom is -0.372 e. The summed E-state index contributed by atoms with van der Waals surface area (Å²) in [6.45, 7) is 6.55. The summed E-state index contributed by atoms with van der Waals surface area (Å²) < 4.78 is 0. The quantitative estimate of drug-likeness (QED) is 0.883. The summed E-state index contributed by atoms with van der Waals surface area (Å²) in [4.78, 5) is 11.9. The Morgan fingerprint density at radius 3 is 2.53 bits per heavy atom. The lowest BCUT2D eigenvalue weighted by Gasteiger charge is -2.10. The van der Waals surface area contributed by atoms with Gasteiger partial charge in [-0.25, -0.2) is 9.97 Å². The standard InChI is InChI=1S/C13H17N3S/c1-7-8(2)17-11-9(7)10(14-4)15-12(16-11)13(3)5-6-13/h5-6H2,1-4H3,(H,14,15,16). The first-order valence-electron chi connectivity index (χ1n) is 6.01. The van der Waals surface area contributed by atoms with Crippen LogP contribution in [0.25, 0.3) is 10.2 Å². The Labute approximate surface area is 105 Å². The van der Waals surface area contributed by atoms with E-state index in [1.165, 1.54) is 28.7 Å². The van der Waals surface area contributed by atoms with Crippen molar-refractivity contribution in [3.05, 3.63) is 16.3 Å². The number of aromatic nitrogens is 2. The fourth-order valence-corrected chi connectivity index (χ4v) is 3.14. The monoisotopic (exact) mass is 247 g/mol. The summed E-state index contributed by atoms with van der Waals surface area (Å²) in [6, 6.07) is 0. The fourth-order valence-electron chi connectivity index (χ4n) is 2.11. The molecule has 2 heterocycles. The van der Waals surface area contributed by atoms with Gasteiger partial charge in [0.25, 0.3) is 0 Å². The summed E-state index contributed by atoms with van der Waals surface area (Å²) in [5.41, 5.74) is 1.54. The largest absolute Gasteiger partial charge is 0.372 e. The maximum Gasteiger partial charge on any atom is 0.138 e. The SMILES string of the molecule is CNc1nc(C2(C)CC2)nc2sc(C)c(C)c12. The lowest BCUT2D eigenvalue weighted by atomic mass is 10.1. The van der Waals surface area contributed by atoms with Crippen molar-refractivity contribution in [1.82, 2.24) is 9.97 Å². The molecule has 0 bridgehead atoms. The molecule has 3 nitrogen and oxygen atoms in total. The third-order valence-corrected chi connectivity index (χ3v) is 4.91. The molecule has 17 heavy (non-hydrogen) atoms. The van der Waals surface area contributed by atoms with E-state index in [1.54, 1.807) is 11.3 Å². The first kappa shape index (κ1) is 11.0. The van der Waals surface area contributed by atoms with Crippen LogP contribution in [0.1, 0.15) is 36.0 Å². The predicted octanol–water partition coefficient (Wildman–Crippen LogP) is 3.40. The molecule has 2 aromatic rings. The van der Waals surface area contributed by atoms with E-state index in [4.69, 9.17) is 9.97 Å². The zero-order valence-electron chi connectivity index (χ0n) is 10.7. The second kappa shape index (κ2) is 3.42. The van der Waals surface area contributed by atoms with Crippen LogP contribution in [0.2, 0.25) is 0 Å². The molecular weight excluding hydrogens is 230 g/mol. The average Bonchev–Trinajstić information content (AvgIpc) is 2.99. The van der Waals surface area contributed by atoms with Gasteiger partial charge in [-0.2, -0.15) is 0 Å². The Balaban J connectivity index is 2.30. The lowest BCUT2D eigenvalue weighted by Crippen LogP contribution is -2.08. The van der Waals surface area contributed by atoms with Crippen molar-refractivity contribution in [3.63, 3.8) is 0 Å². The van der Waals surface area contributed by atoms with Gasteiger partial charge in [0.2, 0.25) is 0 Å². The number of thiophene rings is 1. The van der Waals surface area contributed by atoms with Crippen molar-refractivity contribution in [2.24, 2.45) is 0 Å². The van der Waals surface area contributed by atoms with Crippen LogP contribution in [0.15, 0.2) is 0 Å². The van der Waals surface area contributed by atoms with Crippen molar-refractivity contribution in [2.45, 2.75) is 39.0 Å². The number of rotatable bonds is 2. The average molecular weight is 247 g/mol. The molecule has 90 valence electrons. The van der Waals surface area contributed by atoms with Crippen molar-refractivity contribution < 1.29 is 0 Å². The van der Waals surface area contributed by atoms with Crippen molar-refractivity contribution >= 4 is 27.4 Å². The molecule has 0 radical (unpaired) electrons. The van der Waals surface area contributed by atoms with Gasteiger partial charge in [0, 0.05) is 17.3 Å². The van der Waals surface area contributed by atoms with Gasteiger partial charge in [0.05, 0.1) is 5.39 Å². The fraction of sp³-hybridized carbons (Fsp3) is 0.538. The highest BCUT2D eigenvalue weighted by molar-refractivity contribution is 7.18. The summed E-state index contributed by atoms with van der Waals surface area (Å²) in [6.07, 6.45) is 2.43. The molecule has 1 fully saturated rings. The maximum atomic E-state index is 4.77. The molecule has 1 aliphatic carbocycles. The molecule has 0 aliphatic heterocycles. The zero-order chi connectivity index (χ0) is 12.2. The van der Waals surface area contributed by atoms with Crippen LogP contribution in [0, 0.1) is 13.8 Å². The van der Waals surface area contributed by atoms with Crippen LogP contribution in [-0.4, -0.2) is 17.0 Å². The highest BCUT2D eigenvalue weighted by Crippen LogP contribution is 2.47. The molecule has 1 aliphatic rings. The summed E-state index contributed by atoms with van der Waals surface area (Å²) >= 11 is 1.78. The third-order valence-electron chi connectivity index (χ3n) is 3.81. The van der Waals surface area contributed by atoms with Crippen LogP contribution >= 0.6 is 11.3 Å². The smallest absolute Gasteiger partial charge is 0.138 e. The number of hydrogen-bond acceptors (Lipinski definition) is 4. The molecule has 3 rings (SSSR count). The summed E-state index contributed by atoms with van der Waals surface area (Å²) in [5.74, 6) is 2.00. The minimum absolute atomic E-state index is 0.228. The Kier molecular flexibility index (Phi) is 2.20. The van der Waals surface area contributed by atoms with E-state index >= 15 is 0 Å². The molecule has 1 saturated carbocycles. The summed E-state index contributed by atoms with van der Waals surface area (Å²) in [5, 5.41) is 4.42. The Morgan fingerprint density at radius 2 is 1.94 bits per heavy atom. The van der Waals surface area contributed by atoms with E-state index in [-0.39, 0.29) is 5.41 Å². The minimum atomic E-state index is 0.228. The van der Waals surface area contributed by atoms with E-state index in [2.05, 4.69) is 26.1 Å². The second-order valence-corrected chi connectivity index (χ2v) is 6.37. The molecule has 0 saturated heterocycles. The molecule has 1 N–H and O–H groups in total. The van der Waals surface area contributed by atoms with Crippen LogP contribution < -0.4 is 5.32 Å². The topological polar surface area (TPSA) is 37.8 Å². The zero-order valence-corrected chi connectivity index (χ0v) is 11.5. The van der Waals surface area contributed by atoms with Crippen LogP contribution in [0.3, 0.4) is 0 Å². The molecule has 0 aromatic carbocycles. The molecular formula is C13H17N3S. The first-order valence-corrected chi connectivity index (χ1v) is 6.83. The highest BCUT2D eigenvalue weighted by Gasteiger charge is 2.42. The molecule has 0 atom stereocenters. The Hall–Kier alpha value is -1.16. The van der Waals surface area contributed by atoms with Gasteiger partial charge in [-0.1, -0.05) is 6.92 Å². The van der Waals surface area contributed by atoms with Gasteiger partial charge < -0.3 is 5.32 Å². The third kappa shape index (κ3) is 1.54. The molecule has 0 amide bonds. The van der Waals surface area contributed by atoms with E-state index in [0.29, 0.717) is 0 Å². The Bertz CT molecular complexity index is 596. The van der Waals surface area contributed by atoms with Crippen molar-refractivity contribution in [3.8, 4) is 0 Å². The number of aryl methyl sites for hydroxylation is 2. The van der Waals surface area contributed by atoms with Crippen LogP contribution in [-0.2, 0) is 5.41 Å².